The van der Waals surface area contributed by atoms with E-state index >= 15 is 0 Å². The highest BCUT2D eigenvalue weighted by molar-refractivity contribution is 5.78. The minimum Gasteiger partial charge on any atom is -0.459 e. The average molecular weight is 340 g/mol. The van der Waals surface area contributed by atoms with Crippen LogP contribution in [0.25, 0.3) is 0 Å². The molecule has 1 aliphatic carbocycles. The third-order valence-corrected chi connectivity index (χ3v) is 5.97. The number of ether oxygens (including phenoxy) is 1. The van der Waals surface area contributed by atoms with Crippen LogP contribution in [0.5, 0.6) is 0 Å². The van der Waals surface area contributed by atoms with Crippen molar-refractivity contribution in [2.75, 3.05) is 0 Å². The lowest BCUT2D eigenvalue weighted by atomic mass is 9.65. The van der Waals surface area contributed by atoms with E-state index in [-0.39, 0.29) is 17.0 Å². The fourth-order valence-electron chi connectivity index (χ4n) is 4.01. The van der Waals surface area contributed by atoms with Gasteiger partial charge in [0.15, 0.2) is 0 Å². The monoisotopic (exact) mass is 339 g/mol. The van der Waals surface area contributed by atoms with Crippen molar-refractivity contribution in [3.8, 4) is 0 Å². The maximum Gasteiger partial charge on any atom is 0.314 e. The third-order valence-electron chi connectivity index (χ3n) is 5.97. The second kappa shape index (κ2) is 7.76. The summed E-state index contributed by atoms with van der Waals surface area (Å²) in [6, 6.07) is 0. The van der Waals surface area contributed by atoms with Crippen LogP contribution in [0.2, 0.25) is 0 Å². The fourth-order valence-corrected chi connectivity index (χ4v) is 4.01. The van der Waals surface area contributed by atoms with Crippen molar-refractivity contribution in [1.82, 2.24) is 0 Å². The first-order valence-corrected chi connectivity index (χ1v) is 9.88. The summed E-state index contributed by atoms with van der Waals surface area (Å²) in [5.74, 6) is -0.104. The molecule has 0 saturated heterocycles. The lowest BCUT2D eigenvalue weighted by molar-refractivity contribution is -0.180. The Hall–Kier alpha value is -0.570. The quantitative estimate of drug-likeness (QED) is 0.663. The number of rotatable bonds is 5. The van der Waals surface area contributed by atoms with Crippen molar-refractivity contribution in [3.63, 3.8) is 0 Å². The molecule has 3 nitrogen and oxygen atoms in total. The van der Waals surface area contributed by atoms with Crippen LogP contribution in [-0.4, -0.2) is 17.1 Å². The van der Waals surface area contributed by atoms with Crippen LogP contribution in [0.15, 0.2) is 0 Å². The van der Waals surface area contributed by atoms with Crippen molar-refractivity contribution < 1.29 is 9.53 Å². The first-order chi connectivity index (χ1) is 10.9. The molecule has 1 saturated carbocycles. The topological polar surface area (TPSA) is 52.3 Å². The van der Waals surface area contributed by atoms with E-state index in [2.05, 4.69) is 27.7 Å². The Bertz CT molecular complexity index is 409. The van der Waals surface area contributed by atoms with Gasteiger partial charge in [0.2, 0.25) is 0 Å². The summed E-state index contributed by atoms with van der Waals surface area (Å²) in [6.45, 7) is 14.5. The molecule has 24 heavy (non-hydrogen) atoms. The van der Waals surface area contributed by atoms with E-state index < -0.39 is 11.0 Å². The Kier molecular flexibility index (Phi) is 6.94. The standard InChI is InChI=1S/C21H41NO2/c1-8-21(14-12-10-9-11-13-15-21)24-17(23)20(7,19(5,6)22)16-18(2,3)4/h8-16,22H2,1-7H3. The lowest BCUT2D eigenvalue weighted by Gasteiger charge is -2.46. The summed E-state index contributed by atoms with van der Waals surface area (Å²) < 4.78 is 6.28. The Balaban J connectivity index is 3.04. The molecule has 1 fully saturated rings. The number of hydrogen-bond donors (Lipinski definition) is 1. The molecular formula is C21H41NO2. The summed E-state index contributed by atoms with van der Waals surface area (Å²) in [4.78, 5) is 13.3. The second-order valence-electron chi connectivity index (χ2n) is 9.99. The van der Waals surface area contributed by atoms with E-state index in [1.807, 2.05) is 20.8 Å². The predicted molar refractivity (Wildman–Crippen MR) is 102 cm³/mol. The minimum absolute atomic E-state index is 0.0186. The first-order valence-electron chi connectivity index (χ1n) is 9.88. The van der Waals surface area contributed by atoms with E-state index in [9.17, 15) is 4.79 Å². The maximum absolute atomic E-state index is 13.3. The second-order valence-corrected chi connectivity index (χ2v) is 9.99. The van der Waals surface area contributed by atoms with E-state index in [0.29, 0.717) is 0 Å². The molecular weight excluding hydrogens is 298 g/mol. The molecule has 142 valence electrons. The molecule has 0 radical (unpaired) electrons. The zero-order chi connectivity index (χ0) is 18.6. The summed E-state index contributed by atoms with van der Waals surface area (Å²) in [6.07, 6.45) is 9.73. The van der Waals surface area contributed by atoms with E-state index in [1.165, 1.54) is 19.3 Å². The molecule has 1 rings (SSSR count). The van der Waals surface area contributed by atoms with Crippen LogP contribution in [-0.2, 0) is 9.53 Å². The molecule has 0 amide bonds. The van der Waals surface area contributed by atoms with Crippen LogP contribution < -0.4 is 5.73 Å². The first kappa shape index (κ1) is 21.5. The van der Waals surface area contributed by atoms with Gasteiger partial charge in [-0.15, -0.1) is 0 Å². The van der Waals surface area contributed by atoms with E-state index in [4.69, 9.17) is 10.5 Å². The molecule has 0 bridgehead atoms. The minimum atomic E-state index is -0.685. The van der Waals surface area contributed by atoms with Gasteiger partial charge in [-0.3, -0.25) is 4.79 Å². The summed E-state index contributed by atoms with van der Waals surface area (Å²) >= 11 is 0. The zero-order valence-corrected chi connectivity index (χ0v) is 17.3. The number of hydrogen-bond acceptors (Lipinski definition) is 3. The normalized spacial score (nSPS) is 22.2. The predicted octanol–water partition coefficient (Wildman–Crippen LogP) is 5.60. The molecule has 0 aromatic heterocycles. The largest absolute Gasteiger partial charge is 0.459 e. The van der Waals surface area contributed by atoms with Crippen LogP contribution >= 0.6 is 0 Å². The Labute approximate surface area is 150 Å². The summed E-state index contributed by atoms with van der Waals surface area (Å²) in [5, 5.41) is 0. The Morgan fingerprint density at radius 3 is 1.79 bits per heavy atom. The van der Waals surface area contributed by atoms with Gasteiger partial charge in [-0.2, -0.15) is 0 Å². The highest BCUT2D eigenvalue weighted by atomic mass is 16.6. The Morgan fingerprint density at radius 1 is 0.958 bits per heavy atom. The van der Waals surface area contributed by atoms with Crippen molar-refractivity contribution in [2.24, 2.45) is 16.6 Å². The SMILES string of the molecule is CCC1(OC(=O)C(C)(CC(C)(C)C)C(C)(C)N)CCCCCCC1. The van der Waals surface area contributed by atoms with Gasteiger partial charge in [0, 0.05) is 5.54 Å². The number of carbonyl (C=O) groups is 1. The number of nitrogens with two attached hydrogens (primary N) is 1. The van der Waals surface area contributed by atoms with Crippen LogP contribution in [0, 0.1) is 10.8 Å². The smallest absolute Gasteiger partial charge is 0.314 e. The van der Waals surface area contributed by atoms with Gasteiger partial charge in [-0.1, -0.05) is 47.0 Å². The molecule has 1 unspecified atom stereocenters. The summed E-state index contributed by atoms with van der Waals surface area (Å²) in [7, 11) is 0. The van der Waals surface area contributed by atoms with Crippen LogP contribution in [0.4, 0.5) is 0 Å². The van der Waals surface area contributed by atoms with Gasteiger partial charge in [0.1, 0.15) is 5.60 Å². The number of esters is 1. The highest BCUT2D eigenvalue weighted by Crippen LogP contribution is 2.44. The molecule has 0 aromatic carbocycles. The van der Waals surface area contributed by atoms with Crippen LogP contribution in [0.1, 0.15) is 106 Å². The Morgan fingerprint density at radius 2 is 1.42 bits per heavy atom. The molecule has 1 atom stereocenters. The van der Waals surface area contributed by atoms with Gasteiger partial charge in [0.25, 0.3) is 0 Å². The van der Waals surface area contributed by atoms with Crippen molar-refractivity contribution >= 4 is 5.97 Å². The van der Waals surface area contributed by atoms with Gasteiger partial charge >= 0.3 is 5.97 Å². The molecule has 2 N–H and O–H groups in total. The highest BCUT2D eigenvalue weighted by Gasteiger charge is 2.50. The van der Waals surface area contributed by atoms with Gasteiger partial charge in [-0.25, -0.2) is 0 Å². The van der Waals surface area contributed by atoms with Gasteiger partial charge in [-0.05, 0) is 64.7 Å². The fraction of sp³-hybridized carbons (Fsp3) is 0.952. The van der Waals surface area contributed by atoms with Gasteiger partial charge in [0.05, 0.1) is 5.41 Å². The van der Waals surface area contributed by atoms with E-state index in [1.54, 1.807) is 0 Å². The van der Waals surface area contributed by atoms with Crippen molar-refractivity contribution in [3.05, 3.63) is 0 Å². The van der Waals surface area contributed by atoms with Gasteiger partial charge < -0.3 is 10.5 Å². The van der Waals surface area contributed by atoms with Crippen molar-refractivity contribution in [1.29, 1.82) is 0 Å². The summed E-state index contributed by atoms with van der Waals surface area (Å²) in [5.41, 5.74) is 4.89. The lowest BCUT2D eigenvalue weighted by Crippen LogP contribution is -2.57. The zero-order valence-electron chi connectivity index (χ0n) is 17.3. The van der Waals surface area contributed by atoms with E-state index in [0.717, 1.165) is 38.5 Å². The molecule has 0 aliphatic heterocycles. The molecule has 1 aliphatic rings. The molecule has 0 aromatic rings. The maximum atomic E-state index is 13.3. The average Bonchev–Trinajstić information content (AvgIpc) is 2.38. The number of carbonyl (C=O) groups excluding carboxylic acids is 1. The van der Waals surface area contributed by atoms with Crippen LogP contribution in [0.3, 0.4) is 0 Å². The van der Waals surface area contributed by atoms with Crippen molar-refractivity contribution in [2.45, 2.75) is 117 Å². The molecule has 3 heteroatoms. The molecule has 0 heterocycles. The molecule has 0 spiro atoms. The third kappa shape index (κ3) is 5.47.